The van der Waals surface area contributed by atoms with Crippen LogP contribution in [0.5, 0.6) is 0 Å². The van der Waals surface area contributed by atoms with Gasteiger partial charge in [-0.3, -0.25) is 14.6 Å². The number of benzene rings is 1. The van der Waals surface area contributed by atoms with Crippen LogP contribution in [0.25, 0.3) is 6.08 Å². The fourth-order valence-electron chi connectivity index (χ4n) is 1.88. The summed E-state index contributed by atoms with van der Waals surface area (Å²) in [6, 6.07) is 6.52. The van der Waals surface area contributed by atoms with E-state index in [0.717, 1.165) is 5.56 Å². The summed E-state index contributed by atoms with van der Waals surface area (Å²) in [6.07, 6.45) is 2.78. The van der Waals surface area contributed by atoms with Crippen LogP contribution in [-0.2, 0) is 16.1 Å². The monoisotopic (exact) mass is 340 g/mol. The molecule has 5 nitrogen and oxygen atoms in total. The molecule has 1 aromatic carbocycles. The van der Waals surface area contributed by atoms with E-state index in [1.807, 2.05) is 0 Å². The highest BCUT2D eigenvalue weighted by Crippen LogP contribution is 2.21. The molecule has 0 saturated carbocycles. The number of nitrogens with one attached hydrogen (secondary N) is 1. The van der Waals surface area contributed by atoms with Crippen molar-refractivity contribution in [3.05, 3.63) is 62.0 Å². The second-order valence-electron chi connectivity index (χ2n) is 4.45. The zero-order valence-electron chi connectivity index (χ0n) is 11.8. The topological polar surface area (TPSA) is 64.1 Å². The summed E-state index contributed by atoms with van der Waals surface area (Å²) in [7, 11) is 0. The summed E-state index contributed by atoms with van der Waals surface area (Å²) in [5.41, 5.74) is 1.07. The first-order chi connectivity index (χ1) is 10.5. The van der Waals surface area contributed by atoms with Gasteiger partial charge in [-0.15, -0.1) is 0 Å². The van der Waals surface area contributed by atoms with Crippen molar-refractivity contribution in [3.63, 3.8) is 0 Å². The number of rotatable bonds is 5. The molecule has 7 heteroatoms. The lowest BCUT2D eigenvalue weighted by Gasteiger charge is -2.08. The molecular formula is C15H14Cl2N2O3. The van der Waals surface area contributed by atoms with Crippen LogP contribution in [0.1, 0.15) is 18.2 Å². The molecule has 2 aromatic rings. The lowest BCUT2D eigenvalue weighted by atomic mass is 10.2. The number of ether oxygens (including phenoxy) is 1. The van der Waals surface area contributed by atoms with Gasteiger partial charge in [0.05, 0.1) is 18.8 Å². The lowest BCUT2D eigenvalue weighted by molar-refractivity contribution is -0.137. The summed E-state index contributed by atoms with van der Waals surface area (Å²) >= 11 is 12.0. The van der Waals surface area contributed by atoms with Gasteiger partial charge >= 0.3 is 5.97 Å². The van der Waals surface area contributed by atoms with Crippen molar-refractivity contribution in [2.24, 2.45) is 0 Å². The Kier molecular flexibility index (Phi) is 5.46. The summed E-state index contributed by atoms with van der Waals surface area (Å²) in [5.74, 6) is -0.466. The number of halogens is 2. The van der Waals surface area contributed by atoms with Crippen molar-refractivity contribution in [1.29, 1.82) is 0 Å². The van der Waals surface area contributed by atoms with Crippen molar-refractivity contribution in [1.82, 2.24) is 9.78 Å². The SMILES string of the molecule is CCOC(=O)C=Cc1cc(=O)[nH]n1Cc1ccc(Cl)cc1Cl. The first-order valence-corrected chi connectivity index (χ1v) is 7.34. The number of H-pyrrole nitrogens is 1. The maximum absolute atomic E-state index is 11.5. The largest absolute Gasteiger partial charge is 0.463 e. The predicted molar refractivity (Wildman–Crippen MR) is 86.3 cm³/mol. The number of aromatic amines is 1. The molecule has 0 saturated heterocycles. The van der Waals surface area contributed by atoms with Gasteiger partial charge in [0.25, 0.3) is 5.56 Å². The van der Waals surface area contributed by atoms with E-state index in [-0.39, 0.29) is 5.56 Å². The Balaban J connectivity index is 2.25. The van der Waals surface area contributed by atoms with E-state index in [4.69, 9.17) is 27.9 Å². The number of aromatic nitrogens is 2. The Morgan fingerprint density at radius 1 is 1.36 bits per heavy atom. The summed E-state index contributed by atoms with van der Waals surface area (Å²) in [5, 5.41) is 3.70. The molecule has 0 aliphatic carbocycles. The highest BCUT2D eigenvalue weighted by Gasteiger charge is 2.07. The van der Waals surface area contributed by atoms with E-state index in [9.17, 15) is 9.59 Å². The Hall–Kier alpha value is -1.98. The van der Waals surface area contributed by atoms with Gasteiger partial charge < -0.3 is 4.74 Å². The van der Waals surface area contributed by atoms with Crippen LogP contribution < -0.4 is 5.56 Å². The number of carbonyl (C=O) groups excluding carboxylic acids is 1. The standard InChI is InChI=1S/C15H14Cl2N2O3/c1-2-22-15(21)6-5-12-8-14(20)18-19(12)9-10-3-4-11(16)7-13(10)17/h3-8H,2,9H2,1H3,(H,18,20). The van der Waals surface area contributed by atoms with E-state index in [1.165, 1.54) is 18.2 Å². The van der Waals surface area contributed by atoms with Crippen LogP contribution in [0.2, 0.25) is 10.0 Å². The van der Waals surface area contributed by atoms with Crippen molar-refractivity contribution in [2.75, 3.05) is 6.61 Å². The number of hydrogen-bond donors (Lipinski definition) is 1. The number of carbonyl (C=O) groups is 1. The molecule has 2 rings (SSSR count). The molecule has 116 valence electrons. The van der Waals surface area contributed by atoms with Gasteiger partial charge in [0.2, 0.25) is 0 Å². The summed E-state index contributed by atoms with van der Waals surface area (Å²) < 4.78 is 6.39. The average molecular weight is 341 g/mol. The Morgan fingerprint density at radius 3 is 2.82 bits per heavy atom. The van der Waals surface area contributed by atoms with E-state index in [0.29, 0.717) is 28.9 Å². The number of esters is 1. The molecule has 0 bridgehead atoms. The second kappa shape index (κ2) is 7.33. The smallest absolute Gasteiger partial charge is 0.330 e. The third-order valence-electron chi connectivity index (χ3n) is 2.86. The molecule has 0 aliphatic rings. The van der Waals surface area contributed by atoms with Crippen molar-refractivity contribution in [3.8, 4) is 0 Å². The first-order valence-electron chi connectivity index (χ1n) is 6.58. The van der Waals surface area contributed by atoms with Gasteiger partial charge in [-0.25, -0.2) is 4.79 Å². The van der Waals surface area contributed by atoms with Crippen molar-refractivity contribution >= 4 is 35.2 Å². The maximum Gasteiger partial charge on any atom is 0.330 e. The van der Waals surface area contributed by atoms with Gasteiger partial charge in [-0.05, 0) is 30.7 Å². The van der Waals surface area contributed by atoms with Gasteiger partial charge in [0.1, 0.15) is 0 Å². The van der Waals surface area contributed by atoms with Gasteiger partial charge in [0.15, 0.2) is 0 Å². The van der Waals surface area contributed by atoms with Crippen LogP contribution in [0, 0.1) is 0 Å². The number of nitrogens with zero attached hydrogens (tertiary/aromatic N) is 1. The molecule has 0 unspecified atom stereocenters. The molecule has 0 fully saturated rings. The highest BCUT2D eigenvalue weighted by molar-refractivity contribution is 6.35. The van der Waals surface area contributed by atoms with Gasteiger partial charge in [-0.1, -0.05) is 29.3 Å². The molecule has 1 aromatic heterocycles. The van der Waals surface area contributed by atoms with Crippen molar-refractivity contribution < 1.29 is 9.53 Å². The van der Waals surface area contributed by atoms with E-state index >= 15 is 0 Å². The van der Waals surface area contributed by atoms with E-state index < -0.39 is 5.97 Å². The maximum atomic E-state index is 11.5. The molecule has 1 N–H and O–H groups in total. The van der Waals surface area contributed by atoms with Crippen LogP contribution in [0.15, 0.2) is 35.1 Å². The predicted octanol–water partition coefficient (Wildman–Crippen LogP) is 3.11. The van der Waals surface area contributed by atoms with E-state index in [1.54, 1.807) is 29.8 Å². The zero-order chi connectivity index (χ0) is 16.1. The van der Waals surface area contributed by atoms with Gasteiger partial charge in [0, 0.05) is 22.2 Å². The van der Waals surface area contributed by atoms with E-state index in [2.05, 4.69) is 5.10 Å². The minimum absolute atomic E-state index is 0.270. The fraction of sp³-hybridized carbons (Fsp3) is 0.200. The van der Waals surface area contributed by atoms with Gasteiger partial charge in [-0.2, -0.15) is 0 Å². The molecule has 0 radical (unpaired) electrons. The Bertz CT molecular complexity index is 762. The minimum atomic E-state index is -0.466. The molecule has 0 aliphatic heterocycles. The molecule has 1 heterocycles. The van der Waals surface area contributed by atoms with Crippen LogP contribution in [-0.4, -0.2) is 22.4 Å². The molecule has 22 heavy (non-hydrogen) atoms. The lowest BCUT2D eigenvalue weighted by Crippen LogP contribution is -2.08. The highest BCUT2D eigenvalue weighted by atomic mass is 35.5. The molecule has 0 atom stereocenters. The molecule has 0 spiro atoms. The van der Waals surface area contributed by atoms with Crippen molar-refractivity contribution in [2.45, 2.75) is 13.5 Å². The van der Waals surface area contributed by atoms with Crippen LogP contribution in [0.4, 0.5) is 0 Å². The second-order valence-corrected chi connectivity index (χ2v) is 5.30. The molecule has 0 amide bonds. The minimum Gasteiger partial charge on any atom is -0.463 e. The third-order valence-corrected chi connectivity index (χ3v) is 3.44. The normalized spacial score (nSPS) is 11.0. The quantitative estimate of drug-likeness (QED) is 0.671. The zero-order valence-corrected chi connectivity index (χ0v) is 13.3. The first kappa shape index (κ1) is 16.4. The Morgan fingerprint density at radius 2 is 2.14 bits per heavy atom. The average Bonchev–Trinajstić information content (AvgIpc) is 2.80. The number of hydrogen-bond acceptors (Lipinski definition) is 3. The molecular weight excluding hydrogens is 327 g/mol. The summed E-state index contributed by atoms with van der Waals surface area (Å²) in [4.78, 5) is 22.9. The third kappa shape index (κ3) is 4.26. The van der Waals surface area contributed by atoms with Crippen LogP contribution in [0.3, 0.4) is 0 Å². The van der Waals surface area contributed by atoms with Crippen LogP contribution >= 0.6 is 23.2 Å². The summed E-state index contributed by atoms with van der Waals surface area (Å²) in [6.45, 7) is 2.37. The Labute approximate surface area is 137 Å². The fourth-order valence-corrected chi connectivity index (χ4v) is 2.34.